The Hall–Kier alpha value is -1.88. The predicted molar refractivity (Wildman–Crippen MR) is 65.3 cm³/mol. The summed E-state index contributed by atoms with van der Waals surface area (Å²) in [6, 6.07) is 6.42. The van der Waals surface area contributed by atoms with Gasteiger partial charge in [-0.1, -0.05) is 0 Å². The summed E-state index contributed by atoms with van der Waals surface area (Å²) in [4.78, 5) is 24.9. The first-order valence-electron chi connectivity index (χ1n) is 5.54. The molecule has 0 unspecified atom stereocenters. The van der Waals surface area contributed by atoms with Gasteiger partial charge >= 0.3 is 0 Å². The molecule has 0 radical (unpaired) electrons. The molecule has 3 N–H and O–H groups in total. The van der Waals surface area contributed by atoms with Crippen LogP contribution >= 0.6 is 0 Å². The smallest absolute Gasteiger partial charge is 0.265 e. The number of hydrogen-bond acceptors (Lipinski definition) is 3. The van der Waals surface area contributed by atoms with Crippen LogP contribution in [0.1, 0.15) is 34.6 Å². The highest BCUT2D eigenvalue weighted by Gasteiger charge is 2.12. The number of nitrogens with zero attached hydrogens (tertiary/aromatic N) is 1. The minimum absolute atomic E-state index is 0.0327. The third kappa shape index (κ3) is 3.04. The number of nitrogens with one attached hydrogen (secondary N) is 1. The average molecular weight is 235 g/mol. The molecule has 0 aromatic heterocycles. The van der Waals surface area contributed by atoms with Crippen molar-refractivity contribution in [3.05, 3.63) is 35.4 Å². The lowest BCUT2D eigenvalue weighted by atomic mass is 10.1. The molecule has 0 aliphatic heterocycles. The highest BCUT2D eigenvalue weighted by molar-refractivity contribution is 5.97. The van der Waals surface area contributed by atoms with Crippen LogP contribution in [0.25, 0.3) is 0 Å². The fourth-order valence-electron chi connectivity index (χ4n) is 1.54. The van der Waals surface area contributed by atoms with Crippen molar-refractivity contribution in [1.82, 2.24) is 10.3 Å². The summed E-state index contributed by atoms with van der Waals surface area (Å²) in [5.41, 5.74) is 3.05. The molecule has 1 aromatic rings. The third-order valence-electron chi connectivity index (χ3n) is 2.58. The van der Waals surface area contributed by atoms with Crippen LogP contribution in [0.4, 0.5) is 0 Å². The van der Waals surface area contributed by atoms with Crippen molar-refractivity contribution >= 4 is 11.8 Å². The zero-order valence-electron chi connectivity index (χ0n) is 10.1. The Bertz CT molecular complexity index is 397. The van der Waals surface area contributed by atoms with E-state index in [1.54, 1.807) is 29.2 Å². The van der Waals surface area contributed by atoms with Gasteiger partial charge in [-0.3, -0.25) is 15.0 Å². The minimum Gasteiger partial charge on any atom is -0.339 e. The van der Waals surface area contributed by atoms with Crippen molar-refractivity contribution in [3.63, 3.8) is 0 Å². The summed E-state index contributed by atoms with van der Waals surface area (Å²) >= 11 is 0. The molecule has 0 heterocycles. The van der Waals surface area contributed by atoms with E-state index in [1.807, 2.05) is 19.3 Å². The molecule has 2 amide bonds. The first-order valence-corrected chi connectivity index (χ1v) is 5.54. The number of hydrogen-bond donors (Lipinski definition) is 2. The number of carbonyl (C=O) groups excluding carboxylic acids is 2. The van der Waals surface area contributed by atoms with Gasteiger partial charge in [0.25, 0.3) is 11.8 Å². The fourth-order valence-corrected chi connectivity index (χ4v) is 1.54. The first-order chi connectivity index (χ1) is 8.13. The Labute approximate surface area is 101 Å². The van der Waals surface area contributed by atoms with Gasteiger partial charge in [0.2, 0.25) is 0 Å². The second-order valence-corrected chi connectivity index (χ2v) is 3.53. The number of nitrogen functional groups attached to an aromatic ring is 1. The van der Waals surface area contributed by atoms with Crippen LogP contribution in [0.3, 0.4) is 0 Å². The fraction of sp³-hybridized carbons (Fsp3) is 0.333. The zero-order valence-corrected chi connectivity index (χ0v) is 10.1. The molecule has 0 fully saturated rings. The largest absolute Gasteiger partial charge is 0.339 e. The van der Waals surface area contributed by atoms with Crippen LogP contribution in [0.2, 0.25) is 0 Å². The number of hydrazine groups is 1. The number of carbonyl (C=O) groups is 2. The summed E-state index contributed by atoms with van der Waals surface area (Å²) in [5.74, 6) is 4.62. The molecule has 0 spiro atoms. The van der Waals surface area contributed by atoms with E-state index in [9.17, 15) is 9.59 Å². The maximum absolute atomic E-state index is 12.0. The standard InChI is InChI=1S/C12H17N3O2/c1-3-15(4-2)12(17)10-7-5-9(6-8-10)11(16)14-13/h5-8H,3-4,13H2,1-2H3,(H,14,16). The normalized spacial score (nSPS) is 9.82. The van der Waals surface area contributed by atoms with E-state index in [2.05, 4.69) is 0 Å². The summed E-state index contributed by atoms with van der Waals surface area (Å²) < 4.78 is 0. The van der Waals surface area contributed by atoms with Crippen molar-refractivity contribution in [2.45, 2.75) is 13.8 Å². The van der Waals surface area contributed by atoms with Gasteiger partial charge in [-0.25, -0.2) is 5.84 Å². The quantitative estimate of drug-likeness (QED) is 0.460. The van der Waals surface area contributed by atoms with E-state index in [1.165, 1.54) is 0 Å². The molecule has 92 valence electrons. The second kappa shape index (κ2) is 6.00. The Morgan fingerprint density at radius 3 is 2.00 bits per heavy atom. The van der Waals surface area contributed by atoms with E-state index >= 15 is 0 Å². The van der Waals surface area contributed by atoms with Gasteiger partial charge in [0.15, 0.2) is 0 Å². The van der Waals surface area contributed by atoms with Crippen LogP contribution in [0.15, 0.2) is 24.3 Å². The highest BCUT2D eigenvalue weighted by Crippen LogP contribution is 2.07. The minimum atomic E-state index is -0.369. The zero-order chi connectivity index (χ0) is 12.8. The summed E-state index contributed by atoms with van der Waals surface area (Å²) in [7, 11) is 0. The van der Waals surface area contributed by atoms with E-state index in [0.29, 0.717) is 24.2 Å². The van der Waals surface area contributed by atoms with Crippen molar-refractivity contribution in [1.29, 1.82) is 0 Å². The molecule has 5 heteroatoms. The molecule has 1 aromatic carbocycles. The van der Waals surface area contributed by atoms with Gasteiger partial charge in [0.1, 0.15) is 0 Å². The van der Waals surface area contributed by atoms with Crippen molar-refractivity contribution in [3.8, 4) is 0 Å². The van der Waals surface area contributed by atoms with Gasteiger partial charge in [0.05, 0.1) is 0 Å². The number of nitrogens with two attached hydrogens (primary N) is 1. The number of amides is 2. The van der Waals surface area contributed by atoms with Crippen LogP contribution in [-0.2, 0) is 0 Å². The molecule has 0 atom stereocenters. The Balaban J connectivity index is 2.87. The molecule has 0 bridgehead atoms. The van der Waals surface area contributed by atoms with Crippen LogP contribution in [0.5, 0.6) is 0 Å². The lowest BCUT2D eigenvalue weighted by molar-refractivity contribution is 0.0772. The molecule has 0 saturated carbocycles. The molecular formula is C12H17N3O2. The molecule has 1 rings (SSSR count). The molecular weight excluding hydrogens is 218 g/mol. The molecule has 5 nitrogen and oxygen atoms in total. The maximum Gasteiger partial charge on any atom is 0.265 e. The van der Waals surface area contributed by atoms with Crippen molar-refractivity contribution in [2.75, 3.05) is 13.1 Å². The molecule has 0 aliphatic carbocycles. The second-order valence-electron chi connectivity index (χ2n) is 3.53. The van der Waals surface area contributed by atoms with E-state index < -0.39 is 0 Å². The maximum atomic E-state index is 12.0. The topological polar surface area (TPSA) is 75.4 Å². The van der Waals surface area contributed by atoms with E-state index in [0.717, 1.165) is 0 Å². The molecule has 0 aliphatic rings. The average Bonchev–Trinajstić information content (AvgIpc) is 2.39. The Morgan fingerprint density at radius 2 is 1.59 bits per heavy atom. The summed E-state index contributed by atoms with van der Waals surface area (Å²) in [6.07, 6.45) is 0. The van der Waals surface area contributed by atoms with Crippen molar-refractivity contribution < 1.29 is 9.59 Å². The monoisotopic (exact) mass is 235 g/mol. The summed E-state index contributed by atoms with van der Waals surface area (Å²) in [6.45, 7) is 5.19. The lowest BCUT2D eigenvalue weighted by Gasteiger charge is -2.18. The van der Waals surface area contributed by atoms with Gasteiger partial charge < -0.3 is 4.90 Å². The van der Waals surface area contributed by atoms with Gasteiger partial charge in [-0.15, -0.1) is 0 Å². The predicted octanol–water partition coefficient (Wildman–Crippen LogP) is 0.772. The van der Waals surface area contributed by atoms with Gasteiger partial charge in [-0.05, 0) is 38.1 Å². The first kappa shape index (κ1) is 13.2. The molecule has 17 heavy (non-hydrogen) atoms. The SMILES string of the molecule is CCN(CC)C(=O)c1ccc(C(=O)NN)cc1. The Kier molecular flexibility index (Phi) is 4.66. The van der Waals surface area contributed by atoms with E-state index in [4.69, 9.17) is 5.84 Å². The van der Waals surface area contributed by atoms with Crippen LogP contribution in [-0.4, -0.2) is 29.8 Å². The van der Waals surface area contributed by atoms with Gasteiger partial charge in [-0.2, -0.15) is 0 Å². The molecule has 0 saturated heterocycles. The van der Waals surface area contributed by atoms with Crippen molar-refractivity contribution in [2.24, 2.45) is 5.84 Å². The lowest BCUT2D eigenvalue weighted by Crippen LogP contribution is -2.31. The van der Waals surface area contributed by atoms with E-state index in [-0.39, 0.29) is 11.8 Å². The van der Waals surface area contributed by atoms with Gasteiger partial charge in [0, 0.05) is 24.2 Å². The van der Waals surface area contributed by atoms with Crippen LogP contribution in [0, 0.1) is 0 Å². The third-order valence-corrected chi connectivity index (χ3v) is 2.58. The Morgan fingerprint density at radius 1 is 1.12 bits per heavy atom. The van der Waals surface area contributed by atoms with Crippen LogP contribution < -0.4 is 11.3 Å². The highest BCUT2D eigenvalue weighted by atomic mass is 16.2. The number of rotatable bonds is 4. The number of benzene rings is 1. The summed E-state index contributed by atoms with van der Waals surface area (Å²) in [5, 5.41) is 0.